The van der Waals surface area contributed by atoms with Crippen LogP contribution in [0.25, 0.3) is 0 Å². The first-order chi connectivity index (χ1) is 12.5. The van der Waals surface area contributed by atoms with E-state index in [1.807, 2.05) is 42.3 Å². The van der Waals surface area contributed by atoms with Gasteiger partial charge in [0.1, 0.15) is 17.3 Å². The monoisotopic (exact) mass is 353 g/mol. The number of halogens is 2. The maximum absolute atomic E-state index is 13.7. The minimum Gasteiger partial charge on any atom is -0.370 e. The molecule has 0 saturated heterocycles. The lowest BCUT2D eigenvalue weighted by molar-refractivity contribution is 0.102. The minimum atomic E-state index is -0.837. The summed E-state index contributed by atoms with van der Waals surface area (Å²) in [5, 5.41) is 2.41. The van der Waals surface area contributed by atoms with Gasteiger partial charge in [0.15, 0.2) is 0 Å². The Labute approximate surface area is 150 Å². The molecule has 1 N–H and O–H groups in total. The van der Waals surface area contributed by atoms with Crippen molar-refractivity contribution < 1.29 is 13.6 Å². The summed E-state index contributed by atoms with van der Waals surface area (Å²) in [6, 6.07) is 16.3. The summed E-state index contributed by atoms with van der Waals surface area (Å²) in [6.45, 7) is 0.665. The SMILES string of the molecule is CN(Cc1ccccc1)c1ccnc(C(=O)Nc2ccc(F)cc2F)c1. The summed E-state index contributed by atoms with van der Waals surface area (Å²) in [4.78, 5) is 18.3. The highest BCUT2D eigenvalue weighted by atomic mass is 19.1. The molecule has 6 heteroatoms. The summed E-state index contributed by atoms with van der Waals surface area (Å²) in [5.74, 6) is -2.11. The number of hydrogen-bond donors (Lipinski definition) is 1. The zero-order valence-corrected chi connectivity index (χ0v) is 14.1. The van der Waals surface area contributed by atoms with Crippen molar-refractivity contribution in [2.75, 3.05) is 17.3 Å². The van der Waals surface area contributed by atoms with E-state index in [1.54, 1.807) is 12.1 Å². The van der Waals surface area contributed by atoms with Gasteiger partial charge in [0.25, 0.3) is 5.91 Å². The van der Waals surface area contributed by atoms with Crippen molar-refractivity contribution in [3.63, 3.8) is 0 Å². The zero-order valence-electron chi connectivity index (χ0n) is 14.1. The van der Waals surface area contributed by atoms with Crippen LogP contribution in [0.15, 0.2) is 66.9 Å². The number of carbonyl (C=O) groups excluding carboxylic acids is 1. The van der Waals surface area contributed by atoms with Crippen LogP contribution < -0.4 is 10.2 Å². The van der Waals surface area contributed by atoms with Gasteiger partial charge >= 0.3 is 0 Å². The van der Waals surface area contributed by atoms with Crippen molar-refractivity contribution in [1.82, 2.24) is 4.98 Å². The Hall–Kier alpha value is -3.28. The van der Waals surface area contributed by atoms with Gasteiger partial charge in [0, 0.05) is 31.5 Å². The Morgan fingerprint density at radius 2 is 1.85 bits per heavy atom. The van der Waals surface area contributed by atoms with Crippen molar-refractivity contribution >= 4 is 17.3 Å². The van der Waals surface area contributed by atoms with Crippen LogP contribution in [0.5, 0.6) is 0 Å². The molecule has 0 radical (unpaired) electrons. The molecule has 0 fully saturated rings. The van der Waals surface area contributed by atoms with E-state index in [2.05, 4.69) is 10.3 Å². The fourth-order valence-electron chi connectivity index (χ4n) is 2.51. The van der Waals surface area contributed by atoms with E-state index in [-0.39, 0.29) is 11.4 Å². The highest BCUT2D eigenvalue weighted by molar-refractivity contribution is 6.03. The molecule has 0 bridgehead atoms. The summed E-state index contributed by atoms with van der Waals surface area (Å²) in [6.07, 6.45) is 1.52. The molecule has 3 rings (SSSR count). The van der Waals surface area contributed by atoms with Gasteiger partial charge in [0.2, 0.25) is 0 Å². The lowest BCUT2D eigenvalue weighted by Crippen LogP contribution is -2.19. The molecule has 26 heavy (non-hydrogen) atoms. The number of benzene rings is 2. The third-order valence-electron chi connectivity index (χ3n) is 3.86. The highest BCUT2D eigenvalue weighted by Gasteiger charge is 2.13. The van der Waals surface area contributed by atoms with Crippen LogP contribution in [0, 0.1) is 11.6 Å². The molecule has 0 spiro atoms. The van der Waals surface area contributed by atoms with Gasteiger partial charge in [-0.3, -0.25) is 9.78 Å². The summed E-state index contributed by atoms with van der Waals surface area (Å²) in [5.41, 5.74) is 1.98. The van der Waals surface area contributed by atoms with E-state index in [4.69, 9.17) is 0 Å². The second-order valence-corrected chi connectivity index (χ2v) is 5.82. The second-order valence-electron chi connectivity index (χ2n) is 5.82. The highest BCUT2D eigenvalue weighted by Crippen LogP contribution is 2.19. The molecular weight excluding hydrogens is 336 g/mol. The number of pyridine rings is 1. The summed E-state index contributed by atoms with van der Waals surface area (Å²) >= 11 is 0. The number of rotatable bonds is 5. The van der Waals surface area contributed by atoms with E-state index in [0.717, 1.165) is 17.3 Å². The average molecular weight is 353 g/mol. The predicted molar refractivity (Wildman–Crippen MR) is 97.1 cm³/mol. The molecule has 0 aliphatic carbocycles. The fourth-order valence-corrected chi connectivity index (χ4v) is 2.51. The van der Waals surface area contributed by atoms with Crippen molar-refractivity contribution in [1.29, 1.82) is 0 Å². The molecule has 0 atom stereocenters. The molecule has 3 aromatic rings. The molecule has 0 aliphatic heterocycles. The average Bonchev–Trinajstić information content (AvgIpc) is 2.65. The standard InChI is InChI=1S/C20H17F2N3O/c1-25(13-14-5-3-2-4-6-14)16-9-10-23-19(12-16)20(26)24-18-8-7-15(21)11-17(18)22/h2-12H,13H2,1H3,(H,24,26). The molecule has 1 heterocycles. The molecule has 0 aliphatic rings. The Kier molecular flexibility index (Phi) is 5.22. The van der Waals surface area contributed by atoms with Crippen molar-refractivity contribution in [3.8, 4) is 0 Å². The maximum Gasteiger partial charge on any atom is 0.274 e. The molecule has 1 aromatic heterocycles. The summed E-state index contributed by atoms with van der Waals surface area (Å²) in [7, 11) is 1.91. The Balaban J connectivity index is 1.74. The zero-order chi connectivity index (χ0) is 18.5. The van der Waals surface area contributed by atoms with Gasteiger partial charge in [-0.25, -0.2) is 8.78 Å². The topological polar surface area (TPSA) is 45.2 Å². The quantitative estimate of drug-likeness (QED) is 0.746. The lowest BCUT2D eigenvalue weighted by atomic mass is 10.2. The first-order valence-electron chi connectivity index (χ1n) is 8.00. The van der Waals surface area contributed by atoms with Gasteiger partial charge in [-0.1, -0.05) is 30.3 Å². The minimum absolute atomic E-state index is 0.0961. The van der Waals surface area contributed by atoms with Gasteiger partial charge < -0.3 is 10.2 Å². The van der Waals surface area contributed by atoms with Crippen LogP contribution in [0.4, 0.5) is 20.2 Å². The molecule has 0 saturated carbocycles. The van der Waals surface area contributed by atoms with E-state index in [1.165, 1.54) is 12.3 Å². The largest absolute Gasteiger partial charge is 0.370 e. The van der Waals surface area contributed by atoms with Gasteiger partial charge in [-0.2, -0.15) is 0 Å². The Morgan fingerprint density at radius 1 is 1.08 bits per heavy atom. The van der Waals surface area contributed by atoms with Crippen LogP contribution >= 0.6 is 0 Å². The Morgan fingerprint density at radius 3 is 2.58 bits per heavy atom. The number of amides is 1. The van der Waals surface area contributed by atoms with Crippen LogP contribution in [0.2, 0.25) is 0 Å². The molecule has 2 aromatic carbocycles. The third kappa shape index (κ3) is 4.22. The number of anilines is 2. The van der Waals surface area contributed by atoms with E-state index in [0.29, 0.717) is 12.6 Å². The second kappa shape index (κ2) is 7.74. The molecule has 0 unspecified atom stereocenters. The number of carbonyl (C=O) groups is 1. The van der Waals surface area contributed by atoms with E-state index in [9.17, 15) is 13.6 Å². The van der Waals surface area contributed by atoms with Gasteiger partial charge in [-0.05, 0) is 29.8 Å². The third-order valence-corrected chi connectivity index (χ3v) is 3.86. The number of nitrogens with zero attached hydrogens (tertiary/aromatic N) is 2. The molecular formula is C20H17F2N3O. The lowest BCUT2D eigenvalue weighted by Gasteiger charge is -2.19. The van der Waals surface area contributed by atoms with Gasteiger partial charge in [0.05, 0.1) is 5.69 Å². The van der Waals surface area contributed by atoms with Crippen molar-refractivity contribution in [3.05, 3.63) is 89.8 Å². The van der Waals surface area contributed by atoms with Crippen molar-refractivity contribution in [2.45, 2.75) is 6.54 Å². The molecule has 132 valence electrons. The molecule has 1 amide bonds. The predicted octanol–water partition coefficient (Wildman–Crippen LogP) is 4.25. The Bertz CT molecular complexity index is 916. The van der Waals surface area contributed by atoms with Gasteiger partial charge in [-0.15, -0.1) is 0 Å². The number of aromatic nitrogens is 1. The van der Waals surface area contributed by atoms with E-state index < -0.39 is 17.5 Å². The fraction of sp³-hybridized carbons (Fsp3) is 0.100. The van der Waals surface area contributed by atoms with Crippen LogP contribution in [-0.2, 0) is 6.54 Å². The normalized spacial score (nSPS) is 10.4. The maximum atomic E-state index is 13.7. The first-order valence-corrected chi connectivity index (χ1v) is 8.00. The van der Waals surface area contributed by atoms with Crippen molar-refractivity contribution in [2.24, 2.45) is 0 Å². The number of hydrogen-bond acceptors (Lipinski definition) is 3. The van der Waals surface area contributed by atoms with E-state index >= 15 is 0 Å². The molecule has 4 nitrogen and oxygen atoms in total. The van der Waals surface area contributed by atoms with Crippen LogP contribution in [0.1, 0.15) is 16.1 Å². The van der Waals surface area contributed by atoms with Crippen LogP contribution in [-0.4, -0.2) is 17.9 Å². The smallest absolute Gasteiger partial charge is 0.274 e. The number of nitrogens with one attached hydrogen (secondary N) is 1. The first kappa shape index (κ1) is 17.5. The van der Waals surface area contributed by atoms with Crippen LogP contribution in [0.3, 0.4) is 0 Å². The summed E-state index contributed by atoms with van der Waals surface area (Å²) < 4.78 is 26.7.